The molecule has 3 heteroatoms. The van der Waals surface area contributed by atoms with Crippen molar-refractivity contribution in [2.45, 2.75) is 126 Å². The number of hydrogen-bond donors (Lipinski definition) is 1. The Balaban J connectivity index is 0.000000502. The summed E-state index contributed by atoms with van der Waals surface area (Å²) in [4.78, 5) is 10.5. The highest BCUT2D eigenvalue weighted by atomic mass is 16.5. The van der Waals surface area contributed by atoms with Gasteiger partial charge in [0.2, 0.25) is 0 Å². The van der Waals surface area contributed by atoms with Crippen LogP contribution in [0.2, 0.25) is 0 Å². The topological polar surface area (TPSA) is 46.5 Å². The maximum atomic E-state index is 10.5. The van der Waals surface area contributed by atoms with Crippen LogP contribution in [0.5, 0.6) is 0 Å². The van der Waals surface area contributed by atoms with E-state index >= 15 is 0 Å². The Morgan fingerprint density at radius 1 is 1.11 bits per heavy atom. The molecule has 0 aliphatic heterocycles. The normalized spacial score (nSPS) is 22.3. The highest BCUT2D eigenvalue weighted by Crippen LogP contribution is 2.33. The maximum absolute atomic E-state index is 10.5. The quantitative estimate of drug-likeness (QED) is 0.274. The van der Waals surface area contributed by atoms with Crippen LogP contribution in [0.25, 0.3) is 0 Å². The van der Waals surface area contributed by atoms with E-state index in [0.717, 1.165) is 38.0 Å². The van der Waals surface area contributed by atoms with Crippen molar-refractivity contribution in [3.63, 3.8) is 0 Å². The van der Waals surface area contributed by atoms with E-state index in [1.807, 2.05) is 0 Å². The second-order valence-corrected chi connectivity index (χ2v) is 11.5. The van der Waals surface area contributed by atoms with Gasteiger partial charge in [0.15, 0.2) is 0 Å². The average Bonchev–Trinajstić information content (AvgIpc) is 2.76. The van der Waals surface area contributed by atoms with E-state index in [1.54, 1.807) is 5.57 Å². The van der Waals surface area contributed by atoms with Gasteiger partial charge in [-0.3, -0.25) is 4.79 Å². The number of hydrogen-bond acceptors (Lipinski definition) is 3. The van der Waals surface area contributed by atoms with Gasteiger partial charge < -0.3 is 9.84 Å². The Morgan fingerprint density at radius 3 is 2.17 bits per heavy atom. The van der Waals surface area contributed by atoms with E-state index < -0.39 is 5.60 Å². The van der Waals surface area contributed by atoms with Gasteiger partial charge in [0, 0.05) is 6.92 Å². The standard InChI is InChI=1S/C12H22O2.C10H18O.C10H16/c1-10(2)6-5-7-11(3)8-9-14-12(4)13;1-8(2)10(11)6-4-9(3)5-7-10;1-8(2)10-6-4-9(3)5-7-10/h6,11H,5,7-9H2,1-4H3;4,8,11H,5-7H2,1-3H3;4,10H,1,5-7H2,2-3H3. The molecule has 3 unspecified atom stereocenters. The zero-order valence-corrected chi connectivity index (χ0v) is 24.5. The minimum absolute atomic E-state index is 0.179. The molecule has 3 nitrogen and oxygen atoms in total. The Morgan fingerprint density at radius 2 is 1.74 bits per heavy atom. The lowest BCUT2D eigenvalue weighted by atomic mass is 9.78. The van der Waals surface area contributed by atoms with E-state index in [-0.39, 0.29) is 5.97 Å². The number of rotatable bonds is 8. The molecule has 0 heterocycles. The summed E-state index contributed by atoms with van der Waals surface area (Å²) in [6.07, 6.45) is 16.7. The van der Waals surface area contributed by atoms with E-state index in [0.29, 0.717) is 18.4 Å². The van der Waals surface area contributed by atoms with Gasteiger partial charge in [-0.2, -0.15) is 0 Å². The summed E-state index contributed by atoms with van der Waals surface area (Å²) in [5.74, 6) is 1.60. The first kappa shape index (κ1) is 33.4. The smallest absolute Gasteiger partial charge is 0.302 e. The fraction of sp³-hybridized carbons (Fsp3) is 0.719. The third kappa shape index (κ3) is 16.6. The first-order valence-electron chi connectivity index (χ1n) is 13.7. The Hall–Kier alpha value is -1.61. The molecule has 0 fully saturated rings. The maximum Gasteiger partial charge on any atom is 0.302 e. The fourth-order valence-corrected chi connectivity index (χ4v) is 4.11. The van der Waals surface area contributed by atoms with Gasteiger partial charge in [-0.05, 0) is 110 Å². The van der Waals surface area contributed by atoms with Crippen LogP contribution < -0.4 is 0 Å². The van der Waals surface area contributed by atoms with Gasteiger partial charge >= 0.3 is 5.97 Å². The molecule has 0 spiro atoms. The van der Waals surface area contributed by atoms with Crippen LogP contribution in [0.15, 0.2) is 47.1 Å². The zero-order chi connectivity index (χ0) is 27.0. The van der Waals surface area contributed by atoms with Crippen LogP contribution in [0.3, 0.4) is 0 Å². The molecular weight excluding hydrogens is 432 g/mol. The van der Waals surface area contributed by atoms with Gasteiger partial charge in [0.05, 0.1) is 12.2 Å². The lowest BCUT2D eigenvalue weighted by Crippen LogP contribution is -2.36. The summed E-state index contributed by atoms with van der Waals surface area (Å²) in [5, 5.41) is 10.0. The van der Waals surface area contributed by atoms with Crippen molar-refractivity contribution in [2.24, 2.45) is 17.8 Å². The summed E-state index contributed by atoms with van der Waals surface area (Å²) in [5.41, 5.74) is 5.29. The van der Waals surface area contributed by atoms with Crippen LogP contribution in [-0.2, 0) is 9.53 Å². The van der Waals surface area contributed by atoms with Crippen LogP contribution in [0, 0.1) is 17.8 Å². The summed E-state index contributed by atoms with van der Waals surface area (Å²) < 4.78 is 4.89. The van der Waals surface area contributed by atoms with Crippen molar-refractivity contribution in [3.05, 3.63) is 47.1 Å². The second-order valence-electron chi connectivity index (χ2n) is 11.5. The Bertz CT molecular complexity index is 721. The molecule has 0 amide bonds. The van der Waals surface area contributed by atoms with Crippen LogP contribution >= 0.6 is 0 Å². The molecule has 202 valence electrons. The fourth-order valence-electron chi connectivity index (χ4n) is 4.11. The molecule has 0 aromatic carbocycles. The third-order valence-electron chi connectivity index (χ3n) is 7.29. The van der Waals surface area contributed by atoms with Crippen molar-refractivity contribution in [2.75, 3.05) is 6.61 Å². The molecule has 0 radical (unpaired) electrons. The van der Waals surface area contributed by atoms with Gasteiger partial charge in [-0.25, -0.2) is 0 Å². The van der Waals surface area contributed by atoms with Crippen LogP contribution in [-0.4, -0.2) is 23.3 Å². The predicted octanol–water partition coefficient (Wildman–Crippen LogP) is 9.13. The number of carbonyl (C=O) groups excluding carboxylic acids is 1. The third-order valence-corrected chi connectivity index (χ3v) is 7.29. The van der Waals surface area contributed by atoms with Crippen LogP contribution in [0.4, 0.5) is 0 Å². The summed E-state index contributed by atoms with van der Waals surface area (Å²) in [7, 11) is 0. The average molecular weight is 489 g/mol. The first-order valence-corrected chi connectivity index (χ1v) is 13.7. The van der Waals surface area contributed by atoms with Crippen molar-refractivity contribution in [1.29, 1.82) is 0 Å². The van der Waals surface area contributed by atoms with Crippen molar-refractivity contribution < 1.29 is 14.6 Å². The molecule has 0 saturated carbocycles. The molecule has 2 rings (SSSR count). The van der Waals surface area contributed by atoms with E-state index in [1.165, 1.54) is 49.3 Å². The van der Waals surface area contributed by atoms with Gasteiger partial charge in [0.1, 0.15) is 0 Å². The molecule has 0 saturated heterocycles. The number of allylic oxidation sites excluding steroid dienone is 6. The molecule has 35 heavy (non-hydrogen) atoms. The van der Waals surface area contributed by atoms with Crippen molar-refractivity contribution in [1.82, 2.24) is 0 Å². The van der Waals surface area contributed by atoms with E-state index in [2.05, 4.69) is 80.2 Å². The largest absolute Gasteiger partial charge is 0.466 e. The molecular formula is C32H56O3. The summed E-state index contributed by atoms with van der Waals surface area (Å²) >= 11 is 0. The van der Waals surface area contributed by atoms with Crippen molar-refractivity contribution in [3.8, 4) is 0 Å². The lowest BCUT2D eigenvalue weighted by Gasteiger charge is -2.34. The number of esters is 1. The summed E-state index contributed by atoms with van der Waals surface area (Å²) in [6.45, 7) is 23.1. The monoisotopic (exact) mass is 488 g/mol. The first-order chi connectivity index (χ1) is 16.3. The van der Waals surface area contributed by atoms with Crippen molar-refractivity contribution >= 4 is 5.97 Å². The Kier molecular flexibility index (Phi) is 16.9. The summed E-state index contributed by atoms with van der Waals surface area (Å²) in [6, 6.07) is 0. The molecule has 3 atom stereocenters. The molecule has 0 bridgehead atoms. The molecule has 0 aromatic heterocycles. The molecule has 1 N–H and O–H groups in total. The number of carbonyl (C=O) groups is 1. The van der Waals surface area contributed by atoms with E-state index in [4.69, 9.17) is 4.74 Å². The Labute approximate surface area is 217 Å². The lowest BCUT2D eigenvalue weighted by molar-refractivity contribution is -0.141. The minimum atomic E-state index is -0.417. The minimum Gasteiger partial charge on any atom is -0.466 e. The highest BCUT2D eigenvalue weighted by molar-refractivity contribution is 5.65. The van der Waals surface area contributed by atoms with E-state index in [9.17, 15) is 9.90 Å². The molecule has 2 aliphatic carbocycles. The second kappa shape index (κ2) is 17.8. The highest BCUT2D eigenvalue weighted by Gasteiger charge is 2.31. The van der Waals surface area contributed by atoms with Gasteiger partial charge in [0.25, 0.3) is 0 Å². The predicted molar refractivity (Wildman–Crippen MR) is 152 cm³/mol. The number of aliphatic hydroxyl groups is 1. The molecule has 0 aromatic rings. The molecule has 2 aliphatic rings. The van der Waals surface area contributed by atoms with Gasteiger partial charge in [-0.15, -0.1) is 0 Å². The van der Waals surface area contributed by atoms with Crippen LogP contribution in [0.1, 0.15) is 120 Å². The SMILES string of the molecule is C=C(C)C1CC=C(C)CC1.CC(=O)OCCC(C)CCC=C(C)C.CC1=CCC(O)(C(C)C)CC1. The van der Waals surface area contributed by atoms with Gasteiger partial charge in [-0.1, -0.05) is 67.9 Å². The number of ether oxygens (including phenoxy) is 1. The zero-order valence-electron chi connectivity index (χ0n) is 24.5.